The lowest BCUT2D eigenvalue weighted by atomic mass is 10.1. The van der Waals surface area contributed by atoms with Crippen LogP contribution in [0.5, 0.6) is 0 Å². The van der Waals surface area contributed by atoms with Crippen LogP contribution in [0.2, 0.25) is 0 Å². The monoisotopic (exact) mass is 304 g/mol. The van der Waals surface area contributed by atoms with Crippen LogP contribution in [0, 0.1) is 5.92 Å². The maximum Gasteiger partial charge on any atom is 0.433 e. The van der Waals surface area contributed by atoms with Crippen molar-refractivity contribution in [3.05, 3.63) is 23.4 Å². The van der Waals surface area contributed by atoms with E-state index < -0.39 is 17.8 Å². The third kappa shape index (κ3) is 4.07. The molecule has 0 radical (unpaired) electrons. The third-order valence-corrected chi connectivity index (χ3v) is 3.29. The Morgan fingerprint density at radius 2 is 2.24 bits per heavy atom. The van der Waals surface area contributed by atoms with Crippen molar-refractivity contribution in [3.8, 4) is 0 Å². The molecule has 1 fully saturated rings. The number of aromatic carboxylic acids is 1. The van der Waals surface area contributed by atoms with Gasteiger partial charge < -0.3 is 15.2 Å². The van der Waals surface area contributed by atoms with Gasteiger partial charge in [0, 0.05) is 19.8 Å². The summed E-state index contributed by atoms with van der Waals surface area (Å²) in [6.45, 7) is 1.67. The van der Waals surface area contributed by atoms with E-state index in [9.17, 15) is 18.0 Å². The third-order valence-electron chi connectivity index (χ3n) is 3.29. The van der Waals surface area contributed by atoms with E-state index in [2.05, 4.69) is 10.3 Å². The van der Waals surface area contributed by atoms with Gasteiger partial charge in [0.15, 0.2) is 0 Å². The van der Waals surface area contributed by atoms with E-state index >= 15 is 0 Å². The number of carboxylic acid groups (broad SMARTS) is 1. The van der Waals surface area contributed by atoms with Crippen molar-refractivity contribution in [3.63, 3.8) is 0 Å². The zero-order valence-electron chi connectivity index (χ0n) is 11.1. The Balaban J connectivity index is 2.08. The fourth-order valence-corrected chi connectivity index (χ4v) is 2.13. The molecule has 1 aromatic heterocycles. The van der Waals surface area contributed by atoms with Gasteiger partial charge in [-0.1, -0.05) is 0 Å². The highest BCUT2D eigenvalue weighted by molar-refractivity contribution is 5.93. The minimum absolute atomic E-state index is 0.253. The van der Waals surface area contributed by atoms with Crippen molar-refractivity contribution in [2.45, 2.75) is 19.0 Å². The van der Waals surface area contributed by atoms with Crippen molar-refractivity contribution >= 4 is 11.8 Å². The summed E-state index contributed by atoms with van der Waals surface area (Å²) in [4.78, 5) is 14.4. The molecule has 1 unspecified atom stereocenters. The normalized spacial score (nSPS) is 18.7. The molecule has 0 aromatic carbocycles. The van der Waals surface area contributed by atoms with Crippen molar-refractivity contribution in [2.24, 2.45) is 5.92 Å². The molecule has 116 valence electrons. The second-order valence-corrected chi connectivity index (χ2v) is 4.84. The summed E-state index contributed by atoms with van der Waals surface area (Å²) >= 11 is 0. The molecule has 2 rings (SSSR count). The predicted octanol–water partition coefficient (Wildman–Crippen LogP) is 2.64. The van der Waals surface area contributed by atoms with Crippen LogP contribution >= 0.6 is 0 Å². The number of hydrogen-bond acceptors (Lipinski definition) is 4. The highest BCUT2D eigenvalue weighted by Gasteiger charge is 2.33. The number of aromatic nitrogens is 1. The molecule has 1 aliphatic rings. The molecule has 0 saturated carbocycles. The lowest BCUT2D eigenvalue weighted by molar-refractivity contribution is -0.141. The van der Waals surface area contributed by atoms with Gasteiger partial charge in [-0.25, -0.2) is 9.78 Å². The van der Waals surface area contributed by atoms with Crippen LogP contribution in [0.3, 0.4) is 0 Å². The Labute approximate surface area is 119 Å². The highest BCUT2D eigenvalue weighted by atomic mass is 19.4. The first-order valence-corrected chi connectivity index (χ1v) is 6.51. The maximum atomic E-state index is 12.6. The first-order valence-electron chi connectivity index (χ1n) is 6.51. The second-order valence-electron chi connectivity index (χ2n) is 4.84. The highest BCUT2D eigenvalue weighted by Crippen LogP contribution is 2.29. The second kappa shape index (κ2) is 6.30. The van der Waals surface area contributed by atoms with E-state index in [1.54, 1.807) is 0 Å². The smallest absolute Gasteiger partial charge is 0.433 e. The van der Waals surface area contributed by atoms with E-state index in [0.717, 1.165) is 12.5 Å². The van der Waals surface area contributed by atoms with Crippen molar-refractivity contribution in [1.82, 2.24) is 4.98 Å². The van der Waals surface area contributed by atoms with E-state index in [-0.39, 0.29) is 11.4 Å². The number of nitrogens with one attached hydrogen (secondary N) is 1. The minimum atomic E-state index is -4.60. The number of hydrogen-bond donors (Lipinski definition) is 2. The number of carbonyl (C=O) groups is 1. The first kappa shape index (κ1) is 15.6. The summed E-state index contributed by atoms with van der Waals surface area (Å²) in [6, 6.07) is 1.58. The molecule has 0 bridgehead atoms. The summed E-state index contributed by atoms with van der Waals surface area (Å²) in [5.74, 6) is -1.23. The molecule has 8 heteroatoms. The Hall–Kier alpha value is -1.83. The lowest BCUT2D eigenvalue weighted by Crippen LogP contribution is -2.16. The fourth-order valence-electron chi connectivity index (χ4n) is 2.13. The first-order chi connectivity index (χ1) is 9.88. The Morgan fingerprint density at radius 1 is 1.48 bits per heavy atom. The Kier molecular flexibility index (Phi) is 4.66. The van der Waals surface area contributed by atoms with Crippen LogP contribution in [0.15, 0.2) is 12.1 Å². The minimum Gasteiger partial charge on any atom is -0.478 e. The molecule has 0 spiro atoms. The lowest BCUT2D eigenvalue weighted by Gasteiger charge is -2.13. The van der Waals surface area contributed by atoms with Gasteiger partial charge in [0.05, 0.1) is 0 Å². The van der Waals surface area contributed by atoms with Gasteiger partial charge in [-0.15, -0.1) is 0 Å². The van der Waals surface area contributed by atoms with Crippen LogP contribution in [0.25, 0.3) is 0 Å². The predicted molar refractivity (Wildman–Crippen MR) is 68.2 cm³/mol. The number of alkyl halides is 3. The number of pyridine rings is 1. The van der Waals surface area contributed by atoms with Gasteiger partial charge >= 0.3 is 12.1 Å². The summed E-state index contributed by atoms with van der Waals surface area (Å²) in [6.07, 6.45) is -3.01. The van der Waals surface area contributed by atoms with Crippen molar-refractivity contribution in [2.75, 3.05) is 25.1 Å². The zero-order valence-corrected chi connectivity index (χ0v) is 11.1. The SMILES string of the molecule is O=C(O)c1ccc(C(F)(F)F)nc1NCCC1CCOC1. The van der Waals surface area contributed by atoms with Gasteiger partial charge in [0.2, 0.25) is 0 Å². The summed E-state index contributed by atoms with van der Waals surface area (Å²) in [5, 5.41) is 11.7. The average molecular weight is 304 g/mol. The molecule has 5 nitrogen and oxygen atoms in total. The molecule has 1 saturated heterocycles. The standard InChI is InChI=1S/C13H15F3N2O3/c14-13(15,16)10-2-1-9(12(19)20)11(18-10)17-5-3-8-4-6-21-7-8/h1-2,8H,3-7H2,(H,17,18)(H,19,20). The quantitative estimate of drug-likeness (QED) is 0.875. The number of ether oxygens (including phenoxy) is 1. The van der Waals surface area contributed by atoms with Crippen LogP contribution in [0.1, 0.15) is 28.9 Å². The van der Waals surface area contributed by atoms with E-state index in [0.29, 0.717) is 38.2 Å². The topological polar surface area (TPSA) is 71.5 Å². The van der Waals surface area contributed by atoms with Crippen LogP contribution in [-0.4, -0.2) is 35.8 Å². The number of nitrogens with zero attached hydrogens (tertiary/aromatic N) is 1. The molecule has 2 heterocycles. The van der Waals surface area contributed by atoms with E-state index in [4.69, 9.17) is 9.84 Å². The van der Waals surface area contributed by atoms with Crippen molar-refractivity contribution < 1.29 is 27.8 Å². The zero-order chi connectivity index (χ0) is 15.5. The van der Waals surface area contributed by atoms with E-state index in [1.165, 1.54) is 0 Å². The van der Waals surface area contributed by atoms with Crippen LogP contribution in [-0.2, 0) is 10.9 Å². The largest absolute Gasteiger partial charge is 0.478 e. The average Bonchev–Trinajstić information content (AvgIpc) is 2.90. The molecule has 2 N–H and O–H groups in total. The van der Waals surface area contributed by atoms with Crippen LogP contribution in [0.4, 0.5) is 19.0 Å². The van der Waals surface area contributed by atoms with Gasteiger partial charge in [-0.3, -0.25) is 0 Å². The molecule has 0 aliphatic carbocycles. The molecule has 21 heavy (non-hydrogen) atoms. The number of carboxylic acids is 1. The molecule has 1 atom stereocenters. The van der Waals surface area contributed by atoms with Gasteiger partial charge in [-0.05, 0) is 30.9 Å². The molecule has 1 aromatic rings. The van der Waals surface area contributed by atoms with Crippen molar-refractivity contribution in [1.29, 1.82) is 0 Å². The summed E-state index contributed by atoms with van der Waals surface area (Å²) in [5.41, 5.74) is -1.38. The van der Waals surface area contributed by atoms with Gasteiger partial charge in [-0.2, -0.15) is 13.2 Å². The fraction of sp³-hybridized carbons (Fsp3) is 0.538. The number of halogens is 3. The molecular formula is C13H15F3N2O3. The van der Waals surface area contributed by atoms with Crippen LogP contribution < -0.4 is 5.32 Å². The maximum absolute atomic E-state index is 12.6. The molecule has 1 aliphatic heterocycles. The number of rotatable bonds is 5. The molecular weight excluding hydrogens is 289 g/mol. The molecule has 0 amide bonds. The van der Waals surface area contributed by atoms with Gasteiger partial charge in [0.25, 0.3) is 0 Å². The van der Waals surface area contributed by atoms with Gasteiger partial charge in [0.1, 0.15) is 17.1 Å². The Morgan fingerprint density at radius 3 is 2.81 bits per heavy atom. The number of anilines is 1. The summed E-state index contributed by atoms with van der Waals surface area (Å²) in [7, 11) is 0. The van der Waals surface area contributed by atoms with E-state index in [1.807, 2.05) is 0 Å². The summed E-state index contributed by atoms with van der Waals surface area (Å²) < 4.78 is 43.0. The Bertz CT molecular complexity index is 514.